The molecule has 8 nitrogen and oxygen atoms in total. The van der Waals surface area contributed by atoms with E-state index in [2.05, 4.69) is 22.5 Å². The average Bonchev–Trinajstić information content (AvgIpc) is 3.22. The predicted octanol–water partition coefficient (Wildman–Crippen LogP) is 3.03. The topological polar surface area (TPSA) is 95.5 Å². The number of amides is 1. The van der Waals surface area contributed by atoms with Gasteiger partial charge in [0, 0.05) is 50.7 Å². The van der Waals surface area contributed by atoms with E-state index in [1.165, 1.54) is 0 Å². The van der Waals surface area contributed by atoms with Crippen LogP contribution >= 0.6 is 0 Å². The van der Waals surface area contributed by atoms with Crippen LogP contribution < -0.4 is 5.73 Å². The van der Waals surface area contributed by atoms with Crippen molar-refractivity contribution in [2.75, 3.05) is 45.3 Å². The normalized spacial score (nSPS) is 18.0. The molecule has 0 radical (unpaired) electrons. The molecule has 1 amide bonds. The number of morpholine rings is 1. The number of aromatic nitrogens is 3. The summed E-state index contributed by atoms with van der Waals surface area (Å²) in [6.07, 6.45) is 6.43. The number of hydrogen-bond acceptors (Lipinski definition) is 6. The van der Waals surface area contributed by atoms with Gasteiger partial charge in [-0.3, -0.25) is 4.79 Å². The molecule has 0 unspecified atom stereocenters. The van der Waals surface area contributed by atoms with Gasteiger partial charge in [-0.2, -0.15) is 0 Å². The highest BCUT2D eigenvalue weighted by Gasteiger charge is 2.21. The largest absolute Gasteiger partial charge is 0.382 e. The maximum atomic E-state index is 12.5. The molecule has 0 aliphatic carbocycles. The Hall–Kier alpha value is -2.97. The smallest absolute Gasteiger partial charge is 0.246 e. The van der Waals surface area contributed by atoms with Crippen molar-refractivity contribution in [1.29, 1.82) is 0 Å². The van der Waals surface area contributed by atoms with Crippen LogP contribution in [0.4, 0.5) is 5.82 Å². The predicted molar refractivity (Wildman–Crippen MR) is 129 cm³/mol. The van der Waals surface area contributed by atoms with Crippen molar-refractivity contribution in [2.45, 2.75) is 32.7 Å². The molecule has 0 bridgehead atoms. The Labute approximate surface area is 193 Å². The van der Waals surface area contributed by atoms with Crippen LogP contribution in [0.25, 0.3) is 28.0 Å². The number of aryl methyl sites for hydroxylation is 1. The van der Waals surface area contributed by atoms with Crippen molar-refractivity contribution in [3.8, 4) is 0 Å². The fourth-order valence-corrected chi connectivity index (χ4v) is 4.79. The van der Waals surface area contributed by atoms with E-state index >= 15 is 0 Å². The fraction of sp³-hybridized carbons (Fsp3) is 0.480. The molecule has 8 heteroatoms. The minimum absolute atomic E-state index is 0.00319. The van der Waals surface area contributed by atoms with Crippen molar-refractivity contribution < 1.29 is 14.3 Å². The van der Waals surface area contributed by atoms with Crippen molar-refractivity contribution in [2.24, 2.45) is 5.92 Å². The molecule has 174 valence electrons. The van der Waals surface area contributed by atoms with Gasteiger partial charge in [-0.1, -0.05) is 19.1 Å². The molecule has 2 saturated heterocycles. The number of benzene rings is 1. The van der Waals surface area contributed by atoms with E-state index in [1.807, 2.05) is 23.1 Å². The maximum Gasteiger partial charge on any atom is 0.246 e. The van der Waals surface area contributed by atoms with Gasteiger partial charge in [-0.15, -0.1) is 0 Å². The number of nitrogen functional groups attached to an aromatic ring is 1. The highest BCUT2D eigenvalue weighted by atomic mass is 16.5. The van der Waals surface area contributed by atoms with Gasteiger partial charge in [0.1, 0.15) is 11.3 Å². The molecule has 0 spiro atoms. The Kier molecular flexibility index (Phi) is 6.28. The molecular formula is C25H31N5O3. The molecule has 5 rings (SSSR count). The number of imidazole rings is 1. The molecule has 2 aliphatic heterocycles. The van der Waals surface area contributed by atoms with Gasteiger partial charge in [0.25, 0.3) is 0 Å². The Morgan fingerprint density at radius 3 is 2.67 bits per heavy atom. The number of hydrogen-bond donors (Lipinski definition) is 1. The van der Waals surface area contributed by atoms with Gasteiger partial charge in [0.2, 0.25) is 5.91 Å². The van der Waals surface area contributed by atoms with Crippen LogP contribution in [0.1, 0.15) is 31.2 Å². The number of rotatable bonds is 5. The van der Waals surface area contributed by atoms with E-state index in [4.69, 9.17) is 20.2 Å². The number of pyridine rings is 1. The molecule has 2 N–H and O–H groups in total. The van der Waals surface area contributed by atoms with Crippen LogP contribution in [0.15, 0.2) is 24.3 Å². The highest BCUT2D eigenvalue weighted by molar-refractivity contribution is 6.07. The van der Waals surface area contributed by atoms with Crippen molar-refractivity contribution in [1.82, 2.24) is 19.4 Å². The fourth-order valence-electron chi connectivity index (χ4n) is 4.79. The van der Waals surface area contributed by atoms with E-state index in [0.717, 1.165) is 72.3 Å². The second-order valence-corrected chi connectivity index (χ2v) is 8.79. The van der Waals surface area contributed by atoms with E-state index in [9.17, 15) is 4.79 Å². The van der Waals surface area contributed by atoms with Gasteiger partial charge in [-0.25, -0.2) is 9.97 Å². The minimum atomic E-state index is 0.00319. The Morgan fingerprint density at radius 2 is 1.91 bits per heavy atom. The molecule has 2 aliphatic rings. The van der Waals surface area contributed by atoms with E-state index < -0.39 is 0 Å². The Balaban J connectivity index is 1.50. The summed E-state index contributed by atoms with van der Waals surface area (Å²) < 4.78 is 13.2. The first kappa shape index (κ1) is 21.9. The minimum Gasteiger partial charge on any atom is -0.382 e. The quantitative estimate of drug-likeness (QED) is 0.602. The molecule has 2 fully saturated rings. The molecule has 1 aromatic carbocycles. The van der Waals surface area contributed by atoms with Crippen molar-refractivity contribution in [3.63, 3.8) is 0 Å². The first-order chi connectivity index (χ1) is 16.1. The van der Waals surface area contributed by atoms with Crippen LogP contribution in [0.3, 0.4) is 0 Å². The summed E-state index contributed by atoms with van der Waals surface area (Å²) >= 11 is 0. The van der Waals surface area contributed by atoms with Crippen molar-refractivity contribution in [3.05, 3.63) is 35.7 Å². The van der Waals surface area contributed by atoms with E-state index in [1.54, 1.807) is 6.08 Å². The monoisotopic (exact) mass is 449 g/mol. The average molecular weight is 450 g/mol. The summed E-state index contributed by atoms with van der Waals surface area (Å²) in [6.45, 7) is 7.14. The van der Waals surface area contributed by atoms with Crippen LogP contribution in [-0.4, -0.2) is 64.9 Å². The lowest BCUT2D eigenvalue weighted by Gasteiger charge is -2.25. The third kappa shape index (κ3) is 4.45. The summed E-state index contributed by atoms with van der Waals surface area (Å²) in [6, 6.07) is 6.09. The van der Waals surface area contributed by atoms with Crippen LogP contribution in [0.2, 0.25) is 0 Å². The lowest BCUT2D eigenvalue weighted by Crippen LogP contribution is -2.39. The molecule has 3 aromatic rings. The number of carbonyl (C=O) groups is 1. The molecule has 0 saturated carbocycles. The van der Waals surface area contributed by atoms with Gasteiger partial charge >= 0.3 is 0 Å². The summed E-state index contributed by atoms with van der Waals surface area (Å²) in [5, 5.41) is 1.04. The number of ether oxygens (including phenoxy) is 2. The Morgan fingerprint density at radius 1 is 1.15 bits per heavy atom. The molecular weight excluding hydrogens is 418 g/mol. The number of nitrogens with zero attached hydrogens (tertiary/aromatic N) is 4. The summed E-state index contributed by atoms with van der Waals surface area (Å²) in [7, 11) is 0. The number of carbonyl (C=O) groups excluding carboxylic acids is 1. The summed E-state index contributed by atoms with van der Waals surface area (Å²) in [5.74, 6) is 2.06. The first-order valence-electron chi connectivity index (χ1n) is 11.8. The second kappa shape index (κ2) is 9.49. The van der Waals surface area contributed by atoms with Crippen LogP contribution in [0.5, 0.6) is 0 Å². The van der Waals surface area contributed by atoms with Gasteiger partial charge in [-0.05, 0) is 36.5 Å². The zero-order valence-electron chi connectivity index (χ0n) is 19.1. The number of anilines is 1. The maximum absolute atomic E-state index is 12.5. The Bertz CT molecular complexity index is 1190. The highest BCUT2D eigenvalue weighted by Crippen LogP contribution is 2.31. The zero-order chi connectivity index (χ0) is 22.8. The van der Waals surface area contributed by atoms with Gasteiger partial charge in [0.15, 0.2) is 5.82 Å². The van der Waals surface area contributed by atoms with Gasteiger partial charge in [0.05, 0.1) is 24.2 Å². The molecule has 2 aromatic heterocycles. The van der Waals surface area contributed by atoms with Gasteiger partial charge < -0.3 is 24.7 Å². The first-order valence-corrected chi connectivity index (χ1v) is 11.8. The second-order valence-electron chi connectivity index (χ2n) is 8.79. The third-order valence-corrected chi connectivity index (χ3v) is 6.65. The SMILES string of the molecule is CCc1nc2c(N)nc3cc(C=CC(=O)N4CCOCC4)ccc3c2n1CC1CCOCC1. The number of fused-ring (bicyclic) bond motifs is 3. The lowest BCUT2D eigenvalue weighted by molar-refractivity contribution is -0.129. The van der Waals surface area contributed by atoms with Crippen LogP contribution in [-0.2, 0) is 27.2 Å². The standard InChI is InChI=1S/C25H31N5O3/c1-2-21-28-23-24(30(21)16-18-7-11-32-12-8-18)19-5-3-17(15-20(19)27-25(23)26)4-6-22(31)29-9-13-33-14-10-29/h3-6,15,18H,2,7-14,16H2,1H3,(H2,26,27). The third-order valence-electron chi connectivity index (χ3n) is 6.65. The van der Waals surface area contributed by atoms with E-state index in [-0.39, 0.29) is 5.91 Å². The molecule has 4 heterocycles. The van der Waals surface area contributed by atoms with Crippen LogP contribution in [0, 0.1) is 5.92 Å². The van der Waals surface area contributed by atoms with Crippen molar-refractivity contribution >= 4 is 39.7 Å². The summed E-state index contributed by atoms with van der Waals surface area (Å²) in [5.41, 5.74) is 9.93. The lowest BCUT2D eigenvalue weighted by atomic mass is 10.00. The molecule has 33 heavy (non-hydrogen) atoms. The summed E-state index contributed by atoms with van der Waals surface area (Å²) in [4.78, 5) is 23.8. The van der Waals surface area contributed by atoms with E-state index in [0.29, 0.717) is 38.0 Å². The molecule has 0 atom stereocenters. The zero-order valence-corrected chi connectivity index (χ0v) is 19.1. The number of nitrogens with two attached hydrogens (primary N) is 1.